The Morgan fingerprint density at radius 2 is 2.00 bits per heavy atom. The number of benzene rings is 2. The van der Waals surface area contributed by atoms with Gasteiger partial charge in [0.25, 0.3) is 5.91 Å². The summed E-state index contributed by atoms with van der Waals surface area (Å²) >= 11 is 0. The molecule has 0 radical (unpaired) electrons. The summed E-state index contributed by atoms with van der Waals surface area (Å²) in [6.45, 7) is 0. The molecule has 1 saturated carbocycles. The number of nitrogens with one attached hydrogen (secondary N) is 1. The van der Waals surface area contributed by atoms with Gasteiger partial charge in [-0.1, -0.05) is 24.3 Å². The summed E-state index contributed by atoms with van der Waals surface area (Å²) < 4.78 is 29.3. The average molecular weight is 407 g/mol. The Balaban J connectivity index is 1.38. The van der Waals surface area contributed by atoms with Gasteiger partial charge < -0.3 is 10.4 Å². The van der Waals surface area contributed by atoms with Crippen molar-refractivity contribution in [2.75, 3.05) is 0 Å². The summed E-state index contributed by atoms with van der Waals surface area (Å²) in [5.74, 6) is -1.03. The summed E-state index contributed by atoms with van der Waals surface area (Å²) in [6, 6.07) is 10.5. The second-order valence-corrected chi connectivity index (χ2v) is 8.45. The number of aliphatic hydroxyl groups is 1. The molecular weight excluding hydrogens is 388 g/mol. The number of halogens is 2. The van der Waals surface area contributed by atoms with Crippen LogP contribution in [0.2, 0.25) is 0 Å². The minimum Gasteiger partial charge on any atom is -0.390 e. The van der Waals surface area contributed by atoms with Gasteiger partial charge in [-0.3, -0.25) is 4.79 Å². The Bertz CT molecular complexity index is 1210. The zero-order valence-corrected chi connectivity index (χ0v) is 16.0. The van der Waals surface area contributed by atoms with Crippen LogP contribution in [0.1, 0.15) is 51.3 Å². The van der Waals surface area contributed by atoms with Crippen molar-refractivity contribution in [2.24, 2.45) is 5.92 Å². The number of amides is 1. The lowest BCUT2D eigenvalue weighted by Gasteiger charge is -2.17. The number of carbonyl (C=O) groups excluding carboxylic acids is 1. The van der Waals surface area contributed by atoms with Crippen LogP contribution in [0.4, 0.5) is 8.78 Å². The van der Waals surface area contributed by atoms with Crippen LogP contribution in [-0.2, 0) is 12.8 Å². The van der Waals surface area contributed by atoms with Crippen LogP contribution in [0.5, 0.6) is 0 Å². The number of aliphatic hydroxyl groups excluding tert-OH is 1. The van der Waals surface area contributed by atoms with E-state index in [1.165, 1.54) is 16.8 Å². The molecule has 2 N–H and O–H groups in total. The Labute approximate surface area is 171 Å². The number of rotatable bonds is 3. The van der Waals surface area contributed by atoms with Crippen molar-refractivity contribution in [1.29, 1.82) is 0 Å². The summed E-state index contributed by atoms with van der Waals surface area (Å²) in [5.41, 5.74) is 4.01. The third-order valence-corrected chi connectivity index (χ3v) is 6.61. The second kappa shape index (κ2) is 6.22. The topological polar surface area (TPSA) is 67.2 Å². The highest BCUT2D eigenvalue weighted by atomic mass is 19.1. The molecule has 7 heteroatoms. The molecule has 3 aliphatic carbocycles. The molecule has 5 nitrogen and oxygen atoms in total. The quantitative estimate of drug-likeness (QED) is 0.701. The summed E-state index contributed by atoms with van der Waals surface area (Å²) in [7, 11) is 0. The molecule has 1 heterocycles. The van der Waals surface area contributed by atoms with E-state index in [2.05, 4.69) is 10.4 Å². The van der Waals surface area contributed by atoms with Crippen LogP contribution >= 0.6 is 0 Å². The fraction of sp³-hybridized carbons (Fsp3) is 0.304. The second-order valence-electron chi connectivity index (χ2n) is 8.45. The predicted octanol–water partition coefficient (Wildman–Crippen LogP) is 3.20. The van der Waals surface area contributed by atoms with Crippen LogP contribution in [0, 0.1) is 17.6 Å². The van der Waals surface area contributed by atoms with Crippen molar-refractivity contribution >= 4 is 5.91 Å². The number of hydrogen-bond acceptors (Lipinski definition) is 3. The van der Waals surface area contributed by atoms with E-state index in [0.717, 1.165) is 41.3 Å². The predicted molar refractivity (Wildman–Crippen MR) is 104 cm³/mol. The van der Waals surface area contributed by atoms with Gasteiger partial charge in [-0.05, 0) is 42.0 Å². The molecule has 6 rings (SSSR count). The number of aromatic nitrogens is 2. The highest BCUT2D eigenvalue weighted by Gasteiger charge is 2.50. The first kappa shape index (κ1) is 17.8. The van der Waals surface area contributed by atoms with Crippen molar-refractivity contribution in [1.82, 2.24) is 15.1 Å². The number of hydrogen-bond donors (Lipinski definition) is 2. The summed E-state index contributed by atoms with van der Waals surface area (Å²) in [4.78, 5) is 13.2. The normalized spacial score (nSPS) is 25.6. The molecule has 1 fully saturated rings. The maximum absolute atomic E-state index is 14.5. The first-order chi connectivity index (χ1) is 14.5. The summed E-state index contributed by atoms with van der Waals surface area (Å²) in [5, 5.41) is 17.9. The molecular formula is C23H19F2N3O2. The van der Waals surface area contributed by atoms with Crippen LogP contribution in [0.15, 0.2) is 42.5 Å². The molecule has 0 saturated heterocycles. The molecule has 1 aromatic heterocycles. The lowest BCUT2D eigenvalue weighted by molar-refractivity contribution is 0.0852. The molecule has 3 aliphatic rings. The molecule has 152 valence electrons. The number of fused-ring (bicyclic) bond motifs is 4. The Morgan fingerprint density at radius 1 is 1.17 bits per heavy atom. The molecule has 0 bridgehead atoms. The first-order valence-electron chi connectivity index (χ1n) is 10.1. The van der Waals surface area contributed by atoms with Gasteiger partial charge in [-0.2, -0.15) is 5.10 Å². The Morgan fingerprint density at radius 3 is 2.83 bits per heavy atom. The fourth-order valence-corrected chi connectivity index (χ4v) is 5.09. The van der Waals surface area contributed by atoms with E-state index in [9.17, 15) is 18.7 Å². The standard InChI is InChI=1S/C23H19F2N3O2/c24-13-5-6-18(17(25)10-13)28-22-15-7-12(15)8-16(22)21(27-28)23(30)26-20-14-4-2-1-3-11(14)9-19(20)29/h1-6,10,12,15,19-20,29H,7-9H2,(H,26,30)/t12-,15-,19+,20+/m0/s1. The van der Waals surface area contributed by atoms with Crippen LogP contribution in [0.25, 0.3) is 5.69 Å². The van der Waals surface area contributed by atoms with Crippen molar-refractivity contribution < 1.29 is 18.7 Å². The van der Waals surface area contributed by atoms with Crippen LogP contribution in [-0.4, -0.2) is 26.9 Å². The van der Waals surface area contributed by atoms with E-state index in [4.69, 9.17) is 0 Å². The monoisotopic (exact) mass is 407 g/mol. The fourth-order valence-electron chi connectivity index (χ4n) is 5.09. The lowest BCUT2D eigenvalue weighted by atomic mass is 10.1. The smallest absolute Gasteiger partial charge is 0.272 e. The van der Waals surface area contributed by atoms with E-state index < -0.39 is 23.8 Å². The molecule has 4 atom stereocenters. The van der Waals surface area contributed by atoms with E-state index >= 15 is 0 Å². The van der Waals surface area contributed by atoms with Gasteiger partial charge in [0, 0.05) is 24.0 Å². The molecule has 3 aromatic rings. The molecule has 0 spiro atoms. The van der Waals surface area contributed by atoms with Gasteiger partial charge in [0.2, 0.25) is 0 Å². The average Bonchev–Trinajstić information content (AvgIpc) is 3.07. The third kappa shape index (κ3) is 2.55. The van der Waals surface area contributed by atoms with Crippen molar-refractivity contribution in [3.8, 4) is 5.69 Å². The van der Waals surface area contributed by atoms with Gasteiger partial charge in [-0.25, -0.2) is 13.5 Å². The van der Waals surface area contributed by atoms with Gasteiger partial charge in [0.1, 0.15) is 11.5 Å². The third-order valence-electron chi connectivity index (χ3n) is 6.61. The lowest BCUT2D eigenvalue weighted by Crippen LogP contribution is -2.34. The van der Waals surface area contributed by atoms with Crippen molar-refractivity contribution in [3.63, 3.8) is 0 Å². The highest BCUT2D eigenvalue weighted by molar-refractivity contribution is 5.95. The summed E-state index contributed by atoms with van der Waals surface area (Å²) in [6.07, 6.45) is 1.51. The first-order valence-corrected chi connectivity index (χ1v) is 10.1. The SMILES string of the molecule is O=C(N[C@@H]1c2ccccc2C[C@H]1O)c1nn(-c2ccc(F)cc2F)c2c1C[C@@H]1C[C@H]21. The highest BCUT2D eigenvalue weighted by Crippen LogP contribution is 2.57. The maximum Gasteiger partial charge on any atom is 0.272 e. The minimum absolute atomic E-state index is 0.144. The van der Waals surface area contributed by atoms with E-state index in [1.807, 2.05) is 24.3 Å². The van der Waals surface area contributed by atoms with Crippen molar-refractivity contribution in [3.05, 3.63) is 82.2 Å². The Hall–Kier alpha value is -3.06. The number of nitrogens with zero attached hydrogens (tertiary/aromatic N) is 2. The van der Waals surface area contributed by atoms with Crippen molar-refractivity contribution in [2.45, 2.75) is 37.3 Å². The number of carbonyl (C=O) groups is 1. The maximum atomic E-state index is 14.5. The largest absolute Gasteiger partial charge is 0.390 e. The molecule has 2 aromatic carbocycles. The molecule has 0 aliphatic heterocycles. The van der Waals surface area contributed by atoms with Gasteiger partial charge in [0.05, 0.1) is 17.8 Å². The van der Waals surface area contributed by atoms with Gasteiger partial charge in [-0.15, -0.1) is 0 Å². The molecule has 30 heavy (non-hydrogen) atoms. The molecule has 0 unspecified atom stereocenters. The zero-order chi connectivity index (χ0) is 20.6. The van der Waals surface area contributed by atoms with Gasteiger partial charge >= 0.3 is 0 Å². The minimum atomic E-state index is -0.712. The van der Waals surface area contributed by atoms with Gasteiger partial charge in [0.15, 0.2) is 11.5 Å². The molecule has 1 amide bonds. The Kier molecular flexibility index (Phi) is 3.68. The van der Waals surface area contributed by atoms with E-state index in [0.29, 0.717) is 12.3 Å². The van der Waals surface area contributed by atoms with E-state index in [-0.39, 0.29) is 23.2 Å². The zero-order valence-electron chi connectivity index (χ0n) is 16.0. The van der Waals surface area contributed by atoms with E-state index in [1.54, 1.807) is 0 Å². The van der Waals surface area contributed by atoms with Crippen LogP contribution in [0.3, 0.4) is 0 Å². The van der Waals surface area contributed by atoms with Crippen LogP contribution < -0.4 is 5.32 Å².